The number of benzene rings is 1. The third-order valence-corrected chi connectivity index (χ3v) is 3.10. The highest BCUT2D eigenvalue weighted by molar-refractivity contribution is 6.21. The van der Waals surface area contributed by atoms with Crippen LogP contribution >= 0.6 is 11.6 Å². The van der Waals surface area contributed by atoms with E-state index in [9.17, 15) is 0 Å². The van der Waals surface area contributed by atoms with Crippen molar-refractivity contribution < 1.29 is 0 Å². The van der Waals surface area contributed by atoms with Crippen LogP contribution in [0.2, 0.25) is 0 Å². The third kappa shape index (κ3) is 1.72. The van der Waals surface area contributed by atoms with Gasteiger partial charge in [-0.3, -0.25) is 0 Å². The van der Waals surface area contributed by atoms with Crippen molar-refractivity contribution in [2.45, 2.75) is 24.6 Å². The Morgan fingerprint density at radius 1 is 1.43 bits per heavy atom. The quantitative estimate of drug-likeness (QED) is 0.651. The van der Waals surface area contributed by atoms with Gasteiger partial charge in [-0.2, -0.15) is 0 Å². The fourth-order valence-corrected chi connectivity index (χ4v) is 2.27. The second-order valence-electron chi connectivity index (χ2n) is 3.64. The molecule has 1 atom stereocenters. The van der Waals surface area contributed by atoms with E-state index in [-0.39, 0.29) is 5.38 Å². The Morgan fingerprint density at radius 3 is 3.07 bits per heavy atom. The molecule has 1 aromatic carbocycles. The van der Waals surface area contributed by atoms with Crippen LogP contribution in [-0.2, 0) is 6.42 Å². The Labute approximate surface area is 90.6 Å². The van der Waals surface area contributed by atoms with Crippen LogP contribution in [0.15, 0.2) is 24.3 Å². The first-order valence-corrected chi connectivity index (χ1v) is 5.48. The van der Waals surface area contributed by atoms with Crippen molar-refractivity contribution in [1.82, 2.24) is 0 Å². The number of hydrogen-bond donors (Lipinski definition) is 0. The molecule has 1 heteroatoms. The highest BCUT2D eigenvalue weighted by Crippen LogP contribution is 2.33. The summed E-state index contributed by atoms with van der Waals surface area (Å²) in [6.45, 7) is 3.84. The predicted molar refractivity (Wildman–Crippen MR) is 62.4 cm³/mol. The van der Waals surface area contributed by atoms with Crippen LogP contribution < -0.4 is 0 Å². The van der Waals surface area contributed by atoms with Gasteiger partial charge >= 0.3 is 0 Å². The summed E-state index contributed by atoms with van der Waals surface area (Å²) in [7, 11) is 0. The average Bonchev–Trinajstić information content (AvgIpc) is 2.65. The highest BCUT2D eigenvalue weighted by Gasteiger charge is 2.14. The number of hydrogen-bond acceptors (Lipinski definition) is 0. The molecule has 1 radical (unpaired) electrons. The molecule has 1 aromatic rings. The minimum absolute atomic E-state index is 0.116. The molecular formula is C13H14Cl. The normalized spacial score (nSPS) is 15.6. The summed E-state index contributed by atoms with van der Waals surface area (Å²) in [5, 5.41) is 0.116. The molecule has 1 unspecified atom stereocenters. The number of fused-ring (bicyclic) bond motifs is 1. The van der Waals surface area contributed by atoms with E-state index in [1.54, 1.807) is 0 Å². The van der Waals surface area contributed by atoms with E-state index in [1.165, 1.54) is 16.7 Å². The molecule has 1 aliphatic rings. The topological polar surface area (TPSA) is 0 Å². The minimum Gasteiger partial charge on any atom is -0.118 e. The van der Waals surface area contributed by atoms with E-state index in [0.29, 0.717) is 0 Å². The number of alkyl halides is 1. The van der Waals surface area contributed by atoms with Crippen LogP contribution in [0.4, 0.5) is 0 Å². The number of rotatable bonds is 3. The zero-order chi connectivity index (χ0) is 9.97. The molecule has 0 nitrogen and oxygen atoms in total. The minimum atomic E-state index is 0.116. The summed E-state index contributed by atoms with van der Waals surface area (Å²) >= 11 is 6.32. The first kappa shape index (κ1) is 9.79. The fourth-order valence-electron chi connectivity index (χ4n) is 1.93. The second kappa shape index (κ2) is 4.18. The maximum absolute atomic E-state index is 6.32. The van der Waals surface area contributed by atoms with E-state index >= 15 is 0 Å². The third-order valence-electron chi connectivity index (χ3n) is 2.65. The molecule has 2 rings (SSSR count). The van der Waals surface area contributed by atoms with Gasteiger partial charge in [-0.25, -0.2) is 0 Å². The molecule has 1 aliphatic carbocycles. The molecule has 0 spiro atoms. The first-order chi connectivity index (χ1) is 6.83. The van der Waals surface area contributed by atoms with Crippen LogP contribution in [-0.4, -0.2) is 0 Å². The Balaban J connectivity index is 2.34. The molecule has 14 heavy (non-hydrogen) atoms. The molecule has 0 heterocycles. The lowest BCUT2D eigenvalue weighted by atomic mass is 9.99. The Kier molecular flexibility index (Phi) is 2.93. The first-order valence-electron chi connectivity index (χ1n) is 5.04. The van der Waals surface area contributed by atoms with Crippen molar-refractivity contribution >= 4 is 17.7 Å². The molecule has 0 bridgehead atoms. The van der Waals surface area contributed by atoms with Crippen molar-refractivity contribution in [3.05, 3.63) is 47.9 Å². The monoisotopic (exact) mass is 205 g/mol. The van der Waals surface area contributed by atoms with Crippen molar-refractivity contribution in [3.8, 4) is 0 Å². The number of allylic oxidation sites excluding steroid dienone is 1. The Bertz CT molecular complexity index is 352. The van der Waals surface area contributed by atoms with Gasteiger partial charge in [0.2, 0.25) is 0 Å². The zero-order valence-corrected chi connectivity index (χ0v) is 8.93. The van der Waals surface area contributed by atoms with E-state index in [2.05, 4.69) is 37.3 Å². The Hall–Kier alpha value is -0.750. The van der Waals surface area contributed by atoms with Gasteiger partial charge in [0.1, 0.15) is 0 Å². The van der Waals surface area contributed by atoms with E-state index in [4.69, 9.17) is 11.6 Å². The molecule has 0 aliphatic heterocycles. The summed E-state index contributed by atoms with van der Waals surface area (Å²) in [5.41, 5.74) is 4.00. The van der Waals surface area contributed by atoms with Crippen molar-refractivity contribution in [1.29, 1.82) is 0 Å². The van der Waals surface area contributed by atoms with Crippen LogP contribution in [0.5, 0.6) is 0 Å². The summed E-state index contributed by atoms with van der Waals surface area (Å²) in [4.78, 5) is 0. The smallest absolute Gasteiger partial charge is 0.0591 e. The summed E-state index contributed by atoms with van der Waals surface area (Å²) in [6.07, 6.45) is 7.27. The number of halogens is 1. The fraction of sp³-hybridized carbons (Fsp3) is 0.308. The van der Waals surface area contributed by atoms with E-state index < -0.39 is 0 Å². The SMILES string of the molecule is [CH2]CCC(Cl)c1cccc2c1C=CC2. The molecule has 0 N–H and O–H groups in total. The van der Waals surface area contributed by atoms with Gasteiger partial charge in [0, 0.05) is 0 Å². The molecular weight excluding hydrogens is 192 g/mol. The van der Waals surface area contributed by atoms with Gasteiger partial charge in [-0.15, -0.1) is 11.6 Å². The molecule has 0 fully saturated rings. The van der Waals surface area contributed by atoms with Gasteiger partial charge < -0.3 is 0 Å². The maximum atomic E-state index is 6.32. The van der Waals surface area contributed by atoms with Crippen molar-refractivity contribution in [2.24, 2.45) is 0 Å². The van der Waals surface area contributed by atoms with Gasteiger partial charge in [0.15, 0.2) is 0 Å². The lowest BCUT2D eigenvalue weighted by Crippen LogP contribution is -1.95. The second-order valence-corrected chi connectivity index (χ2v) is 4.16. The van der Waals surface area contributed by atoms with Crippen LogP contribution in [0.25, 0.3) is 6.08 Å². The lowest BCUT2D eigenvalue weighted by molar-refractivity contribution is 0.809. The van der Waals surface area contributed by atoms with Gasteiger partial charge in [-0.1, -0.05) is 43.7 Å². The summed E-state index contributed by atoms with van der Waals surface area (Å²) in [5.74, 6) is 0. The summed E-state index contributed by atoms with van der Waals surface area (Å²) in [6, 6.07) is 6.40. The van der Waals surface area contributed by atoms with Crippen LogP contribution in [0, 0.1) is 6.92 Å². The molecule has 0 amide bonds. The van der Waals surface area contributed by atoms with E-state index in [0.717, 1.165) is 19.3 Å². The van der Waals surface area contributed by atoms with Gasteiger partial charge in [0.05, 0.1) is 5.38 Å². The summed E-state index contributed by atoms with van der Waals surface area (Å²) < 4.78 is 0. The molecule has 0 aromatic heterocycles. The zero-order valence-electron chi connectivity index (χ0n) is 8.17. The molecule has 0 saturated heterocycles. The largest absolute Gasteiger partial charge is 0.118 e. The molecule has 0 saturated carbocycles. The van der Waals surface area contributed by atoms with Crippen molar-refractivity contribution in [3.63, 3.8) is 0 Å². The Morgan fingerprint density at radius 2 is 2.29 bits per heavy atom. The standard InChI is InChI=1S/C13H14Cl/c1-2-5-13(14)12-9-4-7-10-6-3-8-11(10)12/h3-4,7-9,13H,1-2,5-6H2. The van der Waals surface area contributed by atoms with Gasteiger partial charge in [-0.05, 0) is 29.5 Å². The maximum Gasteiger partial charge on any atom is 0.0591 e. The molecule has 73 valence electrons. The van der Waals surface area contributed by atoms with Crippen LogP contribution in [0.1, 0.15) is 34.9 Å². The van der Waals surface area contributed by atoms with E-state index in [1.807, 2.05) is 0 Å². The van der Waals surface area contributed by atoms with Crippen LogP contribution in [0.3, 0.4) is 0 Å². The predicted octanol–water partition coefficient (Wildman–Crippen LogP) is 4.15. The highest BCUT2D eigenvalue weighted by atomic mass is 35.5. The van der Waals surface area contributed by atoms with Crippen molar-refractivity contribution in [2.75, 3.05) is 0 Å². The average molecular weight is 206 g/mol. The van der Waals surface area contributed by atoms with Gasteiger partial charge in [0.25, 0.3) is 0 Å². The lowest BCUT2D eigenvalue weighted by Gasteiger charge is -2.12.